The van der Waals surface area contributed by atoms with Gasteiger partial charge in [0.1, 0.15) is 5.82 Å². The lowest BCUT2D eigenvalue weighted by molar-refractivity contribution is 0.0945. The van der Waals surface area contributed by atoms with Crippen molar-refractivity contribution in [3.8, 4) is 0 Å². The zero-order chi connectivity index (χ0) is 14.3. The van der Waals surface area contributed by atoms with E-state index in [1.165, 1.54) is 18.2 Å². The van der Waals surface area contributed by atoms with Crippen molar-refractivity contribution in [1.29, 1.82) is 0 Å². The Morgan fingerprint density at radius 1 is 1.42 bits per heavy atom. The van der Waals surface area contributed by atoms with E-state index in [-0.39, 0.29) is 11.7 Å². The van der Waals surface area contributed by atoms with Crippen LogP contribution in [-0.4, -0.2) is 17.8 Å². The van der Waals surface area contributed by atoms with E-state index in [2.05, 4.69) is 44.1 Å². The van der Waals surface area contributed by atoms with Gasteiger partial charge in [0.05, 0.1) is 5.56 Å². The van der Waals surface area contributed by atoms with Gasteiger partial charge in [-0.25, -0.2) is 4.39 Å². The highest BCUT2D eigenvalue weighted by Crippen LogP contribution is 2.18. The summed E-state index contributed by atoms with van der Waals surface area (Å²) in [7, 11) is 0. The Hall–Kier alpha value is -0.420. The van der Waals surface area contributed by atoms with E-state index in [0.29, 0.717) is 22.5 Å². The van der Waals surface area contributed by atoms with Crippen molar-refractivity contribution in [3.63, 3.8) is 0 Å². The molecule has 1 amide bonds. The molecule has 1 atom stereocenters. The minimum atomic E-state index is -0.355. The normalized spacial score (nSPS) is 12.2. The number of carbonyl (C=O) groups is 1. The van der Waals surface area contributed by atoms with Gasteiger partial charge in [0.2, 0.25) is 0 Å². The summed E-state index contributed by atoms with van der Waals surface area (Å²) in [6.07, 6.45) is 3.24. The molecule has 1 aromatic rings. The molecule has 106 valence electrons. The first-order chi connectivity index (χ1) is 9.08. The average molecular weight is 395 g/mol. The molecule has 0 aliphatic carbocycles. The molecule has 0 radical (unpaired) electrons. The summed E-state index contributed by atoms with van der Waals surface area (Å²) in [6.45, 7) is 2.79. The minimum Gasteiger partial charge on any atom is -0.352 e. The largest absolute Gasteiger partial charge is 0.352 e. The average Bonchev–Trinajstić information content (AvgIpc) is 2.36. The van der Waals surface area contributed by atoms with Gasteiger partial charge in [-0.2, -0.15) is 0 Å². The van der Waals surface area contributed by atoms with Crippen molar-refractivity contribution in [3.05, 3.63) is 34.1 Å². The molecule has 0 aromatic heterocycles. The summed E-state index contributed by atoms with van der Waals surface area (Å²) in [5.74, 6) is -0.0401. The molecule has 0 saturated carbocycles. The zero-order valence-electron chi connectivity index (χ0n) is 10.9. The van der Waals surface area contributed by atoms with Crippen LogP contribution < -0.4 is 5.32 Å². The smallest absolute Gasteiger partial charge is 0.252 e. The topological polar surface area (TPSA) is 29.1 Å². The van der Waals surface area contributed by atoms with E-state index in [1.54, 1.807) is 0 Å². The number of amides is 1. The molecule has 2 nitrogen and oxygen atoms in total. The SMILES string of the molecule is CCCC(CCBr)CNC(=O)c1ccc(F)cc1Br. The van der Waals surface area contributed by atoms with Crippen LogP contribution in [0.15, 0.2) is 22.7 Å². The third kappa shape index (κ3) is 5.61. The fraction of sp³-hybridized carbons (Fsp3) is 0.500. The maximum Gasteiger partial charge on any atom is 0.252 e. The number of hydrogen-bond acceptors (Lipinski definition) is 1. The molecular formula is C14H18Br2FNO. The van der Waals surface area contributed by atoms with Gasteiger partial charge in [-0.15, -0.1) is 0 Å². The first kappa shape index (κ1) is 16.6. The van der Waals surface area contributed by atoms with E-state index < -0.39 is 0 Å². The van der Waals surface area contributed by atoms with Crippen molar-refractivity contribution in [1.82, 2.24) is 5.32 Å². The van der Waals surface area contributed by atoms with Crippen LogP contribution in [0.5, 0.6) is 0 Å². The zero-order valence-corrected chi connectivity index (χ0v) is 14.1. The Kier molecular flexibility index (Phi) is 7.61. The summed E-state index contributed by atoms with van der Waals surface area (Å²) >= 11 is 6.64. The van der Waals surface area contributed by atoms with Crippen molar-refractivity contribution in [2.45, 2.75) is 26.2 Å². The third-order valence-corrected chi connectivity index (χ3v) is 4.06. The van der Waals surface area contributed by atoms with Crippen LogP contribution in [0.1, 0.15) is 36.5 Å². The van der Waals surface area contributed by atoms with Gasteiger partial charge >= 0.3 is 0 Å². The fourth-order valence-corrected chi connectivity index (χ4v) is 3.10. The van der Waals surface area contributed by atoms with E-state index in [9.17, 15) is 9.18 Å². The Labute approximate surface area is 130 Å². The third-order valence-electron chi connectivity index (χ3n) is 2.94. The number of alkyl halides is 1. The Balaban J connectivity index is 2.58. The van der Waals surface area contributed by atoms with Gasteiger partial charge in [0.15, 0.2) is 0 Å². The highest BCUT2D eigenvalue weighted by molar-refractivity contribution is 9.10. The molecule has 1 rings (SSSR count). The number of carbonyl (C=O) groups excluding carboxylic acids is 1. The van der Waals surface area contributed by atoms with Gasteiger partial charge < -0.3 is 5.32 Å². The molecule has 1 aromatic carbocycles. The summed E-state index contributed by atoms with van der Waals surface area (Å²) in [5, 5.41) is 3.86. The lowest BCUT2D eigenvalue weighted by Gasteiger charge is -2.16. The van der Waals surface area contributed by atoms with E-state index in [0.717, 1.165) is 24.6 Å². The van der Waals surface area contributed by atoms with Crippen LogP contribution in [0, 0.1) is 11.7 Å². The highest BCUT2D eigenvalue weighted by Gasteiger charge is 2.13. The van der Waals surface area contributed by atoms with Crippen LogP contribution >= 0.6 is 31.9 Å². The van der Waals surface area contributed by atoms with E-state index in [4.69, 9.17) is 0 Å². The fourth-order valence-electron chi connectivity index (χ4n) is 1.92. The van der Waals surface area contributed by atoms with Crippen LogP contribution in [0.3, 0.4) is 0 Å². The van der Waals surface area contributed by atoms with Crippen LogP contribution in [-0.2, 0) is 0 Å². The number of benzene rings is 1. The maximum absolute atomic E-state index is 13.0. The first-order valence-electron chi connectivity index (χ1n) is 6.37. The monoisotopic (exact) mass is 393 g/mol. The van der Waals surface area contributed by atoms with Gasteiger partial charge in [-0.3, -0.25) is 4.79 Å². The standard InChI is InChI=1S/C14H18Br2FNO/c1-2-3-10(6-7-15)9-18-14(19)12-5-4-11(17)8-13(12)16/h4-5,8,10H,2-3,6-7,9H2,1H3,(H,18,19). The summed E-state index contributed by atoms with van der Waals surface area (Å²) in [6, 6.07) is 4.09. The quantitative estimate of drug-likeness (QED) is 0.676. The second-order valence-corrected chi connectivity index (χ2v) is 6.11. The maximum atomic E-state index is 13.0. The molecule has 0 bridgehead atoms. The second kappa shape index (κ2) is 8.69. The number of hydrogen-bond donors (Lipinski definition) is 1. The van der Waals surface area contributed by atoms with Gasteiger partial charge in [0, 0.05) is 16.3 Å². The molecule has 0 aliphatic heterocycles. The lowest BCUT2D eigenvalue weighted by atomic mass is 10.0. The first-order valence-corrected chi connectivity index (χ1v) is 8.29. The van der Waals surface area contributed by atoms with Crippen molar-refractivity contribution in [2.75, 3.05) is 11.9 Å². The summed E-state index contributed by atoms with van der Waals surface area (Å²) < 4.78 is 13.4. The molecule has 19 heavy (non-hydrogen) atoms. The summed E-state index contributed by atoms with van der Waals surface area (Å²) in [5.41, 5.74) is 0.468. The number of rotatable bonds is 7. The molecular weight excluding hydrogens is 377 g/mol. The molecule has 1 unspecified atom stereocenters. The number of nitrogens with one attached hydrogen (secondary N) is 1. The Morgan fingerprint density at radius 2 is 2.16 bits per heavy atom. The van der Waals surface area contributed by atoms with Gasteiger partial charge in [0.25, 0.3) is 5.91 Å². The van der Waals surface area contributed by atoms with Crippen LogP contribution in [0.25, 0.3) is 0 Å². The molecule has 5 heteroatoms. The molecule has 0 saturated heterocycles. The van der Waals surface area contributed by atoms with Crippen molar-refractivity contribution in [2.24, 2.45) is 5.92 Å². The van der Waals surface area contributed by atoms with Gasteiger partial charge in [-0.05, 0) is 52.9 Å². The predicted octanol–water partition coefficient (Wildman–Crippen LogP) is 4.52. The van der Waals surface area contributed by atoms with Crippen molar-refractivity contribution < 1.29 is 9.18 Å². The minimum absolute atomic E-state index is 0.164. The predicted molar refractivity (Wildman–Crippen MR) is 83.2 cm³/mol. The van der Waals surface area contributed by atoms with Crippen LogP contribution in [0.2, 0.25) is 0 Å². The Bertz CT molecular complexity index is 420. The van der Waals surface area contributed by atoms with Crippen molar-refractivity contribution >= 4 is 37.8 Å². The molecule has 0 spiro atoms. The molecule has 1 N–H and O–H groups in total. The van der Waals surface area contributed by atoms with Gasteiger partial charge in [-0.1, -0.05) is 29.3 Å². The molecule has 0 heterocycles. The van der Waals surface area contributed by atoms with E-state index in [1.807, 2.05) is 0 Å². The van der Waals surface area contributed by atoms with Crippen LogP contribution in [0.4, 0.5) is 4.39 Å². The highest BCUT2D eigenvalue weighted by atomic mass is 79.9. The summed E-state index contributed by atoms with van der Waals surface area (Å²) in [4.78, 5) is 12.0. The van der Waals surface area contributed by atoms with E-state index >= 15 is 0 Å². The Morgan fingerprint density at radius 3 is 2.74 bits per heavy atom. The molecule has 0 aliphatic rings. The molecule has 0 fully saturated rings. The number of halogens is 3. The second-order valence-electron chi connectivity index (χ2n) is 4.47. The lowest BCUT2D eigenvalue weighted by Crippen LogP contribution is -2.29.